The van der Waals surface area contributed by atoms with Gasteiger partial charge in [0.05, 0.1) is 36.4 Å². The SMILES string of the molecule is CN(C)C=Nc1ncc2c(n1)c(-c1cc(-c3cc4ccccc4s3)c3[nH]ncc3c1)cn2CCCOC1CCCCO1. The zero-order valence-corrected chi connectivity index (χ0v) is 24.6. The number of nitrogens with one attached hydrogen (secondary N) is 1. The van der Waals surface area contributed by atoms with Crippen molar-refractivity contribution in [1.29, 1.82) is 0 Å². The summed E-state index contributed by atoms with van der Waals surface area (Å²) in [6.45, 7) is 2.21. The quantitative estimate of drug-likeness (QED) is 0.113. The van der Waals surface area contributed by atoms with Gasteiger partial charge in [-0.2, -0.15) is 5.10 Å². The molecule has 2 aromatic carbocycles. The summed E-state index contributed by atoms with van der Waals surface area (Å²) in [5.41, 5.74) is 6.12. The van der Waals surface area contributed by atoms with Crippen molar-refractivity contribution in [2.45, 2.75) is 38.5 Å². The number of H-pyrrole nitrogens is 1. The van der Waals surface area contributed by atoms with Crippen LogP contribution in [0, 0.1) is 0 Å². The molecule has 9 nitrogen and oxygen atoms in total. The second-order valence-corrected chi connectivity index (χ2v) is 12.0. The highest BCUT2D eigenvalue weighted by molar-refractivity contribution is 7.22. The fourth-order valence-corrected chi connectivity index (χ4v) is 6.59. The molecule has 1 saturated heterocycles. The van der Waals surface area contributed by atoms with Crippen molar-refractivity contribution >= 4 is 55.6 Å². The molecule has 42 heavy (non-hydrogen) atoms. The normalized spacial score (nSPS) is 15.9. The van der Waals surface area contributed by atoms with Gasteiger partial charge < -0.3 is 18.9 Å². The van der Waals surface area contributed by atoms with Gasteiger partial charge in [0.1, 0.15) is 5.52 Å². The monoisotopic (exact) mass is 579 g/mol. The average Bonchev–Trinajstić information content (AvgIpc) is 3.75. The summed E-state index contributed by atoms with van der Waals surface area (Å²) < 4.78 is 15.2. The Morgan fingerprint density at radius 1 is 1.14 bits per heavy atom. The van der Waals surface area contributed by atoms with Gasteiger partial charge in [-0.1, -0.05) is 18.2 Å². The number of fused-ring (bicyclic) bond motifs is 3. The van der Waals surface area contributed by atoms with Gasteiger partial charge in [-0.05, 0) is 60.9 Å². The first-order valence-electron chi connectivity index (χ1n) is 14.4. The van der Waals surface area contributed by atoms with Crippen LogP contribution in [-0.4, -0.2) is 69.6 Å². The van der Waals surface area contributed by atoms with E-state index in [4.69, 9.17) is 14.5 Å². The van der Waals surface area contributed by atoms with Crippen LogP contribution in [0.3, 0.4) is 0 Å². The Bertz CT molecular complexity index is 1850. The summed E-state index contributed by atoms with van der Waals surface area (Å²) in [5, 5.41) is 9.91. The second-order valence-electron chi connectivity index (χ2n) is 10.9. The van der Waals surface area contributed by atoms with Gasteiger partial charge in [0.15, 0.2) is 6.29 Å². The molecule has 0 spiro atoms. The van der Waals surface area contributed by atoms with Crippen LogP contribution in [-0.2, 0) is 16.0 Å². The number of rotatable bonds is 9. The highest BCUT2D eigenvalue weighted by Gasteiger charge is 2.18. The predicted octanol–water partition coefficient (Wildman–Crippen LogP) is 7.01. The molecule has 10 heteroatoms. The number of nitrogens with zero attached hydrogens (tertiary/aromatic N) is 6. The third-order valence-electron chi connectivity index (χ3n) is 7.55. The smallest absolute Gasteiger partial charge is 0.251 e. The van der Waals surface area contributed by atoms with E-state index in [0.717, 1.165) is 77.5 Å². The number of ether oxygens (including phenoxy) is 2. The molecule has 5 heterocycles. The van der Waals surface area contributed by atoms with E-state index in [9.17, 15) is 0 Å². The largest absolute Gasteiger partial charge is 0.369 e. The molecule has 1 atom stereocenters. The van der Waals surface area contributed by atoms with Crippen LogP contribution in [0.2, 0.25) is 0 Å². The maximum absolute atomic E-state index is 6.01. The third-order valence-corrected chi connectivity index (χ3v) is 8.70. The predicted molar refractivity (Wildman–Crippen MR) is 169 cm³/mol. The minimum Gasteiger partial charge on any atom is -0.369 e. The summed E-state index contributed by atoms with van der Waals surface area (Å²) in [6.07, 6.45) is 11.7. The van der Waals surface area contributed by atoms with Crippen LogP contribution in [0.5, 0.6) is 0 Å². The lowest BCUT2D eigenvalue weighted by atomic mass is 10.0. The molecule has 1 unspecified atom stereocenters. The van der Waals surface area contributed by atoms with Crippen LogP contribution < -0.4 is 0 Å². The van der Waals surface area contributed by atoms with E-state index in [1.54, 1.807) is 17.7 Å². The first-order valence-corrected chi connectivity index (χ1v) is 15.2. The number of aliphatic imine (C=N–C) groups is 1. The molecular weight excluding hydrogens is 546 g/mol. The molecule has 7 rings (SSSR count). The topological polar surface area (TPSA) is 93.5 Å². The minimum atomic E-state index is -0.0785. The van der Waals surface area contributed by atoms with Crippen molar-refractivity contribution < 1.29 is 9.47 Å². The standard InChI is InChI=1S/C32H33N7O2S/c1-38(2)20-34-32-33-18-26-31(36-32)25(19-39(26)11-7-13-41-29-10-5-6-12-40-29)22-14-23-17-35-37-30(23)24(15-22)28-16-21-8-3-4-9-27(21)42-28/h3-4,8-9,14-20,29H,5-7,10-13H2,1-2H3,(H,35,37). The van der Waals surface area contributed by atoms with E-state index >= 15 is 0 Å². The molecule has 1 fully saturated rings. The van der Waals surface area contributed by atoms with Gasteiger partial charge >= 0.3 is 0 Å². The van der Waals surface area contributed by atoms with E-state index < -0.39 is 0 Å². The molecule has 1 aliphatic rings. The van der Waals surface area contributed by atoms with Crippen LogP contribution in [0.25, 0.3) is 53.6 Å². The van der Waals surface area contributed by atoms with Gasteiger partial charge in [0.2, 0.25) is 0 Å². The maximum Gasteiger partial charge on any atom is 0.251 e. The number of aryl methyl sites for hydroxylation is 1. The number of benzene rings is 2. The van der Waals surface area contributed by atoms with Crippen molar-refractivity contribution in [3.05, 3.63) is 61.1 Å². The summed E-state index contributed by atoms with van der Waals surface area (Å²) >= 11 is 1.79. The number of thiophene rings is 1. The summed E-state index contributed by atoms with van der Waals surface area (Å²) in [7, 11) is 3.86. The molecule has 4 aromatic heterocycles. The maximum atomic E-state index is 6.01. The molecule has 0 aliphatic carbocycles. The third kappa shape index (κ3) is 5.40. The molecular formula is C32H33N7O2S. The number of aromatic amines is 1. The lowest BCUT2D eigenvalue weighted by Gasteiger charge is -2.22. The summed E-state index contributed by atoms with van der Waals surface area (Å²) in [6, 6.07) is 15.2. The second kappa shape index (κ2) is 11.6. The minimum absolute atomic E-state index is 0.0785. The van der Waals surface area contributed by atoms with Crippen LogP contribution in [0.1, 0.15) is 25.7 Å². The Morgan fingerprint density at radius 3 is 2.93 bits per heavy atom. The van der Waals surface area contributed by atoms with Gasteiger partial charge in [0, 0.05) is 59.5 Å². The van der Waals surface area contributed by atoms with E-state index in [1.165, 1.54) is 15.0 Å². The lowest BCUT2D eigenvalue weighted by molar-refractivity contribution is -0.162. The Kier molecular flexibility index (Phi) is 7.41. The molecule has 6 aromatic rings. The first-order chi connectivity index (χ1) is 20.6. The van der Waals surface area contributed by atoms with Gasteiger partial charge in [-0.25, -0.2) is 15.0 Å². The van der Waals surface area contributed by atoms with Crippen LogP contribution >= 0.6 is 11.3 Å². The van der Waals surface area contributed by atoms with Crippen molar-refractivity contribution in [2.24, 2.45) is 4.99 Å². The highest BCUT2D eigenvalue weighted by Crippen LogP contribution is 2.40. The molecule has 0 bridgehead atoms. The molecule has 0 radical (unpaired) electrons. The Labute approximate surface area is 247 Å². The van der Waals surface area contributed by atoms with E-state index in [1.807, 2.05) is 31.4 Å². The van der Waals surface area contributed by atoms with Crippen molar-refractivity contribution in [1.82, 2.24) is 29.6 Å². The van der Waals surface area contributed by atoms with Crippen LogP contribution in [0.4, 0.5) is 5.95 Å². The Hall–Kier alpha value is -4.12. The van der Waals surface area contributed by atoms with Crippen molar-refractivity contribution in [3.8, 4) is 21.6 Å². The lowest BCUT2D eigenvalue weighted by Crippen LogP contribution is -2.23. The summed E-state index contributed by atoms with van der Waals surface area (Å²) in [5.74, 6) is 0.432. The first kappa shape index (κ1) is 26.8. The Balaban J connectivity index is 1.28. The number of hydrogen-bond acceptors (Lipinski definition) is 7. The molecule has 1 N–H and O–H groups in total. The molecule has 0 saturated carbocycles. The average molecular weight is 580 g/mol. The van der Waals surface area contributed by atoms with E-state index in [0.29, 0.717) is 12.6 Å². The van der Waals surface area contributed by atoms with Gasteiger partial charge in [-0.15, -0.1) is 11.3 Å². The molecule has 214 valence electrons. The number of aromatic nitrogens is 5. The van der Waals surface area contributed by atoms with E-state index in [2.05, 4.69) is 73.4 Å². The highest BCUT2D eigenvalue weighted by atomic mass is 32.1. The van der Waals surface area contributed by atoms with Crippen molar-refractivity contribution in [3.63, 3.8) is 0 Å². The fourth-order valence-electron chi connectivity index (χ4n) is 5.50. The molecule has 0 amide bonds. The number of hydrogen-bond donors (Lipinski definition) is 1. The molecule has 1 aliphatic heterocycles. The summed E-state index contributed by atoms with van der Waals surface area (Å²) in [4.78, 5) is 17.0. The van der Waals surface area contributed by atoms with Gasteiger partial charge in [-0.3, -0.25) is 5.10 Å². The zero-order chi connectivity index (χ0) is 28.5. The fraction of sp³-hybridized carbons (Fsp3) is 0.312. The van der Waals surface area contributed by atoms with Crippen LogP contribution in [0.15, 0.2) is 66.0 Å². The Morgan fingerprint density at radius 2 is 2.07 bits per heavy atom. The zero-order valence-electron chi connectivity index (χ0n) is 23.8. The van der Waals surface area contributed by atoms with E-state index in [-0.39, 0.29) is 6.29 Å². The van der Waals surface area contributed by atoms with Gasteiger partial charge in [0.25, 0.3) is 5.95 Å². The van der Waals surface area contributed by atoms with Crippen molar-refractivity contribution in [2.75, 3.05) is 27.3 Å².